The van der Waals surface area contributed by atoms with E-state index in [1.165, 1.54) is 0 Å². The van der Waals surface area contributed by atoms with Gasteiger partial charge in [0.1, 0.15) is 5.69 Å². The second kappa shape index (κ2) is 7.72. The molecule has 0 unspecified atom stereocenters. The molecule has 1 fully saturated rings. The molecule has 27 heavy (non-hydrogen) atoms. The molecule has 2 aromatic rings. The average molecular weight is 387 g/mol. The van der Waals surface area contributed by atoms with Gasteiger partial charge in [-0.1, -0.05) is 36.6 Å². The molecule has 6 nitrogen and oxygen atoms in total. The van der Waals surface area contributed by atoms with Crippen LogP contribution in [-0.2, 0) is 13.0 Å². The summed E-state index contributed by atoms with van der Waals surface area (Å²) in [6.07, 6.45) is 7.07. The van der Waals surface area contributed by atoms with E-state index in [2.05, 4.69) is 15.6 Å². The molecular formula is C20H23ClN4O2. The van der Waals surface area contributed by atoms with Gasteiger partial charge in [-0.05, 0) is 44.2 Å². The Morgan fingerprint density at radius 1 is 1.07 bits per heavy atom. The summed E-state index contributed by atoms with van der Waals surface area (Å²) in [5.74, 6) is -0.225. The van der Waals surface area contributed by atoms with Crippen LogP contribution in [0.5, 0.6) is 0 Å². The first-order chi connectivity index (χ1) is 13.1. The van der Waals surface area contributed by atoms with E-state index in [0.29, 0.717) is 22.9 Å². The van der Waals surface area contributed by atoms with E-state index in [0.717, 1.165) is 50.6 Å². The molecule has 1 aliphatic heterocycles. The van der Waals surface area contributed by atoms with Crippen LogP contribution in [0.1, 0.15) is 65.3 Å². The van der Waals surface area contributed by atoms with Crippen LogP contribution in [0.15, 0.2) is 24.3 Å². The summed E-state index contributed by atoms with van der Waals surface area (Å²) >= 11 is 6.14. The third-order valence-electron chi connectivity index (χ3n) is 5.35. The maximum Gasteiger partial charge on any atom is 0.291 e. The van der Waals surface area contributed by atoms with Crippen molar-refractivity contribution in [2.24, 2.45) is 0 Å². The molecule has 1 aliphatic carbocycles. The number of imidazole rings is 1. The zero-order chi connectivity index (χ0) is 18.8. The third-order valence-corrected chi connectivity index (χ3v) is 5.68. The van der Waals surface area contributed by atoms with E-state index in [1.807, 2.05) is 10.6 Å². The fourth-order valence-corrected chi connectivity index (χ4v) is 4.15. The van der Waals surface area contributed by atoms with Crippen LogP contribution in [-0.4, -0.2) is 27.4 Å². The predicted octanol–water partition coefficient (Wildman–Crippen LogP) is 3.80. The number of fused-ring (bicyclic) bond motifs is 1. The topological polar surface area (TPSA) is 76.0 Å². The molecule has 0 saturated heterocycles. The van der Waals surface area contributed by atoms with Gasteiger partial charge in [0, 0.05) is 12.6 Å². The van der Waals surface area contributed by atoms with Crippen molar-refractivity contribution in [2.45, 2.75) is 57.5 Å². The summed E-state index contributed by atoms with van der Waals surface area (Å²) in [6, 6.07) is 7.30. The summed E-state index contributed by atoms with van der Waals surface area (Å²) in [6.45, 7) is 0.699. The van der Waals surface area contributed by atoms with Gasteiger partial charge in [0.05, 0.1) is 16.4 Å². The highest BCUT2D eigenvalue weighted by Gasteiger charge is 2.29. The normalized spacial score (nSPS) is 16.8. The summed E-state index contributed by atoms with van der Waals surface area (Å²) in [7, 11) is 0. The number of aromatic nitrogens is 2. The van der Waals surface area contributed by atoms with Crippen molar-refractivity contribution in [3.8, 4) is 0 Å². The van der Waals surface area contributed by atoms with Crippen LogP contribution in [0.3, 0.4) is 0 Å². The van der Waals surface area contributed by atoms with Gasteiger partial charge in [-0.3, -0.25) is 9.59 Å². The Morgan fingerprint density at radius 2 is 1.85 bits per heavy atom. The highest BCUT2D eigenvalue weighted by molar-refractivity contribution is 6.33. The lowest BCUT2D eigenvalue weighted by Crippen LogP contribution is -2.33. The number of carbonyl (C=O) groups excluding carboxylic acids is 2. The molecular weight excluding hydrogens is 364 g/mol. The molecule has 2 heterocycles. The largest absolute Gasteiger partial charge is 0.348 e. The van der Waals surface area contributed by atoms with Gasteiger partial charge >= 0.3 is 0 Å². The number of anilines is 1. The summed E-state index contributed by atoms with van der Waals surface area (Å²) in [5, 5.41) is 6.37. The highest BCUT2D eigenvalue weighted by atomic mass is 35.5. The lowest BCUT2D eigenvalue weighted by atomic mass is 10.1. The van der Waals surface area contributed by atoms with Crippen molar-refractivity contribution >= 4 is 29.1 Å². The van der Waals surface area contributed by atoms with Gasteiger partial charge in [-0.2, -0.15) is 0 Å². The average Bonchev–Trinajstić information content (AvgIpc) is 3.31. The van der Waals surface area contributed by atoms with Gasteiger partial charge in [-0.25, -0.2) is 4.98 Å². The van der Waals surface area contributed by atoms with Crippen LogP contribution in [0, 0.1) is 0 Å². The lowest BCUT2D eigenvalue weighted by molar-refractivity contribution is 0.0932. The van der Waals surface area contributed by atoms with Crippen molar-refractivity contribution in [3.05, 3.63) is 46.5 Å². The molecule has 1 aromatic heterocycles. The van der Waals surface area contributed by atoms with E-state index >= 15 is 0 Å². The lowest BCUT2D eigenvalue weighted by Gasteiger charge is -2.17. The van der Waals surface area contributed by atoms with Gasteiger partial charge in [-0.15, -0.1) is 0 Å². The molecule has 0 bridgehead atoms. The van der Waals surface area contributed by atoms with Gasteiger partial charge in [0.15, 0.2) is 5.82 Å². The number of rotatable bonds is 4. The van der Waals surface area contributed by atoms with Crippen molar-refractivity contribution < 1.29 is 9.59 Å². The second-order valence-electron chi connectivity index (χ2n) is 7.23. The quantitative estimate of drug-likeness (QED) is 0.839. The Hall–Kier alpha value is -2.34. The maximum absolute atomic E-state index is 12.8. The van der Waals surface area contributed by atoms with Crippen LogP contribution in [0.2, 0.25) is 5.02 Å². The first-order valence-electron chi connectivity index (χ1n) is 9.59. The minimum atomic E-state index is -0.342. The Kier molecular flexibility index (Phi) is 5.16. The maximum atomic E-state index is 12.8. The minimum Gasteiger partial charge on any atom is -0.348 e. The van der Waals surface area contributed by atoms with Crippen LogP contribution < -0.4 is 10.6 Å². The molecule has 2 N–H and O–H groups in total. The van der Waals surface area contributed by atoms with Gasteiger partial charge in [0.2, 0.25) is 0 Å². The highest BCUT2D eigenvalue weighted by Crippen LogP contribution is 2.25. The first-order valence-corrected chi connectivity index (χ1v) is 9.97. The summed E-state index contributed by atoms with van der Waals surface area (Å²) in [5.41, 5.74) is 1.79. The smallest absolute Gasteiger partial charge is 0.291 e. The number of benzene rings is 1. The molecule has 1 aromatic carbocycles. The number of amides is 2. The SMILES string of the molecule is O=C(NC1CCCC1)c1nc(C(=O)Nc2ccccc2Cl)n2c1CCCC2. The monoisotopic (exact) mass is 386 g/mol. The van der Waals surface area contributed by atoms with Crippen LogP contribution in [0.4, 0.5) is 5.69 Å². The van der Waals surface area contributed by atoms with Gasteiger partial charge < -0.3 is 15.2 Å². The van der Waals surface area contributed by atoms with Crippen LogP contribution in [0.25, 0.3) is 0 Å². The van der Waals surface area contributed by atoms with E-state index in [1.54, 1.807) is 18.2 Å². The Morgan fingerprint density at radius 3 is 2.63 bits per heavy atom. The van der Waals surface area contributed by atoms with E-state index in [4.69, 9.17) is 11.6 Å². The predicted molar refractivity (Wildman–Crippen MR) is 104 cm³/mol. The second-order valence-corrected chi connectivity index (χ2v) is 7.64. The fourth-order valence-electron chi connectivity index (χ4n) is 3.96. The molecule has 2 aliphatic rings. The molecule has 4 rings (SSSR count). The van der Waals surface area contributed by atoms with E-state index in [9.17, 15) is 9.59 Å². The van der Waals surface area contributed by atoms with Crippen molar-refractivity contribution in [1.29, 1.82) is 0 Å². The Balaban J connectivity index is 1.61. The minimum absolute atomic E-state index is 0.163. The number of carbonyl (C=O) groups is 2. The number of hydrogen-bond acceptors (Lipinski definition) is 3. The van der Waals surface area contributed by atoms with Crippen LogP contribution >= 0.6 is 11.6 Å². The Bertz CT molecular complexity index is 871. The fraction of sp³-hybridized carbons (Fsp3) is 0.450. The molecule has 142 valence electrons. The summed E-state index contributed by atoms with van der Waals surface area (Å²) < 4.78 is 1.89. The van der Waals surface area contributed by atoms with Gasteiger partial charge in [0.25, 0.3) is 11.8 Å². The number of nitrogens with one attached hydrogen (secondary N) is 2. The standard InChI is InChI=1S/C20H23ClN4O2/c21-14-9-3-4-10-15(14)23-20(27)18-24-17(16-11-5-6-12-25(16)18)19(26)22-13-7-1-2-8-13/h3-4,9-10,13H,1-2,5-8,11-12H2,(H,22,26)(H,23,27). The number of nitrogens with zero attached hydrogens (tertiary/aromatic N) is 2. The zero-order valence-corrected chi connectivity index (χ0v) is 15.9. The Labute approximate surface area is 163 Å². The van der Waals surface area contributed by atoms with Crippen molar-refractivity contribution in [1.82, 2.24) is 14.9 Å². The molecule has 2 amide bonds. The molecule has 1 saturated carbocycles. The molecule has 0 radical (unpaired) electrons. The number of para-hydroxylation sites is 1. The first kappa shape index (κ1) is 18.0. The van der Waals surface area contributed by atoms with E-state index in [-0.39, 0.29) is 23.7 Å². The molecule has 7 heteroatoms. The third kappa shape index (κ3) is 3.72. The molecule has 0 spiro atoms. The zero-order valence-electron chi connectivity index (χ0n) is 15.1. The van der Waals surface area contributed by atoms with Crippen molar-refractivity contribution in [3.63, 3.8) is 0 Å². The van der Waals surface area contributed by atoms with E-state index < -0.39 is 0 Å². The number of hydrogen-bond donors (Lipinski definition) is 2. The molecule has 0 atom stereocenters. The summed E-state index contributed by atoms with van der Waals surface area (Å²) in [4.78, 5) is 30.1. The van der Waals surface area contributed by atoms with Crippen molar-refractivity contribution in [2.75, 3.05) is 5.32 Å². The number of halogens is 1.